The number of ether oxygens (including phenoxy) is 2. The monoisotopic (exact) mass is 513 g/mol. The van der Waals surface area contributed by atoms with Gasteiger partial charge in [-0.15, -0.1) is 0 Å². The third kappa shape index (κ3) is 4.95. The van der Waals surface area contributed by atoms with Crippen molar-refractivity contribution in [3.63, 3.8) is 0 Å². The summed E-state index contributed by atoms with van der Waals surface area (Å²) in [5, 5.41) is 0.554. The second kappa shape index (κ2) is 10.0. The zero-order chi connectivity index (χ0) is 26.9. The molecule has 8 nitrogen and oxygen atoms in total. The smallest absolute Gasteiger partial charge is 0.252 e. The molecule has 1 aliphatic rings. The number of amides is 1. The highest BCUT2D eigenvalue weighted by Gasteiger charge is 2.54. The summed E-state index contributed by atoms with van der Waals surface area (Å²) in [4.78, 5) is 46.4. The van der Waals surface area contributed by atoms with Crippen molar-refractivity contribution in [2.24, 2.45) is 11.1 Å². The van der Waals surface area contributed by atoms with Crippen LogP contribution >= 0.6 is 0 Å². The van der Waals surface area contributed by atoms with Gasteiger partial charge in [0, 0.05) is 42.8 Å². The van der Waals surface area contributed by atoms with Gasteiger partial charge in [0.25, 0.3) is 5.91 Å². The molecule has 4 aromatic rings. The molecule has 192 valence electrons. The first kappa shape index (κ1) is 25.0. The maximum absolute atomic E-state index is 13.2. The van der Waals surface area contributed by atoms with Crippen LogP contribution in [0.15, 0.2) is 67.0 Å². The Kier molecular flexibility index (Phi) is 6.59. The normalized spacial score (nSPS) is 13.6. The zero-order valence-corrected chi connectivity index (χ0v) is 20.6. The Morgan fingerprint density at radius 1 is 0.921 bits per heavy atom. The highest BCUT2D eigenvalue weighted by molar-refractivity contribution is 6.11. The molecular formula is C29H24FN3O5. The summed E-state index contributed by atoms with van der Waals surface area (Å²) < 4.78 is 24.3. The number of rotatable bonds is 10. The van der Waals surface area contributed by atoms with Gasteiger partial charge in [-0.3, -0.25) is 19.4 Å². The highest BCUT2D eigenvalue weighted by Crippen LogP contribution is 2.48. The van der Waals surface area contributed by atoms with Gasteiger partial charge < -0.3 is 15.2 Å². The summed E-state index contributed by atoms with van der Waals surface area (Å²) >= 11 is 0. The third-order valence-corrected chi connectivity index (χ3v) is 6.76. The van der Waals surface area contributed by atoms with Gasteiger partial charge in [-0.25, -0.2) is 9.37 Å². The van der Waals surface area contributed by atoms with E-state index < -0.39 is 11.3 Å². The first-order chi connectivity index (χ1) is 18.3. The van der Waals surface area contributed by atoms with E-state index in [2.05, 4.69) is 9.97 Å². The lowest BCUT2D eigenvalue weighted by atomic mass is 9.88. The first-order valence-corrected chi connectivity index (χ1v) is 12.0. The van der Waals surface area contributed by atoms with Gasteiger partial charge in [0.1, 0.15) is 17.3 Å². The van der Waals surface area contributed by atoms with Crippen LogP contribution in [-0.4, -0.2) is 34.6 Å². The number of primary amides is 1. The van der Waals surface area contributed by atoms with Crippen LogP contribution in [0.25, 0.3) is 10.9 Å². The lowest BCUT2D eigenvalue weighted by molar-refractivity contribution is -0.133. The van der Waals surface area contributed by atoms with Gasteiger partial charge in [-0.2, -0.15) is 0 Å². The Hall–Kier alpha value is -4.66. The predicted octanol–water partition coefficient (Wildman–Crippen LogP) is 4.37. The number of hydrogen-bond donors (Lipinski definition) is 1. The molecule has 0 bridgehead atoms. The fourth-order valence-electron chi connectivity index (χ4n) is 4.44. The maximum atomic E-state index is 13.2. The number of nitrogens with two attached hydrogens (primary N) is 1. The molecule has 38 heavy (non-hydrogen) atoms. The summed E-state index contributed by atoms with van der Waals surface area (Å²) in [7, 11) is 1.44. The Bertz CT molecular complexity index is 1550. The van der Waals surface area contributed by atoms with Gasteiger partial charge in [0.05, 0.1) is 23.6 Å². The second-order valence-corrected chi connectivity index (χ2v) is 9.26. The predicted molar refractivity (Wildman–Crippen MR) is 137 cm³/mol. The molecule has 2 aromatic carbocycles. The number of fused-ring (bicyclic) bond motifs is 1. The zero-order valence-electron chi connectivity index (χ0n) is 20.6. The molecule has 2 aromatic heterocycles. The topological polar surface area (TPSA) is 121 Å². The summed E-state index contributed by atoms with van der Waals surface area (Å²) in [6, 6.07) is 13.9. The molecule has 0 unspecified atom stereocenters. The quantitative estimate of drug-likeness (QED) is 0.313. The van der Waals surface area contributed by atoms with Crippen molar-refractivity contribution >= 4 is 28.4 Å². The average molecular weight is 514 g/mol. The molecule has 2 heterocycles. The molecule has 0 spiro atoms. The summed E-state index contributed by atoms with van der Waals surface area (Å²) in [5.41, 5.74) is 6.59. The molecule has 5 rings (SSSR count). The number of ketones is 2. The van der Waals surface area contributed by atoms with Crippen LogP contribution in [0.2, 0.25) is 0 Å². The molecule has 1 aliphatic carbocycles. The number of methoxy groups -OCH3 is 1. The van der Waals surface area contributed by atoms with E-state index in [1.165, 1.54) is 25.4 Å². The minimum absolute atomic E-state index is 0.0718. The van der Waals surface area contributed by atoms with Crippen molar-refractivity contribution in [1.29, 1.82) is 0 Å². The number of carbonyl (C=O) groups excluding carboxylic acids is 3. The SMILES string of the molecule is COc1cc2nccc(Oc3ccc(CC(=O)C4(C(=O)Cc5ccc(F)cc5)CC4)cn3)c2cc1C(N)=O. The largest absolute Gasteiger partial charge is 0.496 e. The average Bonchev–Trinajstić information content (AvgIpc) is 3.73. The summed E-state index contributed by atoms with van der Waals surface area (Å²) in [6.07, 6.45) is 4.31. The lowest BCUT2D eigenvalue weighted by Crippen LogP contribution is -2.28. The molecule has 1 amide bonds. The Morgan fingerprint density at radius 3 is 2.21 bits per heavy atom. The lowest BCUT2D eigenvalue weighted by Gasteiger charge is -2.14. The van der Waals surface area contributed by atoms with E-state index in [4.69, 9.17) is 15.2 Å². The van der Waals surface area contributed by atoms with Crippen LogP contribution in [0.1, 0.15) is 34.3 Å². The van der Waals surface area contributed by atoms with Crippen molar-refractivity contribution < 1.29 is 28.2 Å². The van der Waals surface area contributed by atoms with Crippen LogP contribution in [-0.2, 0) is 22.4 Å². The number of pyridine rings is 2. The number of aromatic nitrogens is 2. The van der Waals surface area contributed by atoms with Crippen molar-refractivity contribution in [2.75, 3.05) is 7.11 Å². The molecule has 1 fully saturated rings. The van der Waals surface area contributed by atoms with Crippen LogP contribution in [0, 0.1) is 11.2 Å². The fourth-order valence-corrected chi connectivity index (χ4v) is 4.44. The number of benzene rings is 2. The van der Waals surface area contributed by atoms with Gasteiger partial charge in [0.2, 0.25) is 5.88 Å². The molecule has 9 heteroatoms. The second-order valence-electron chi connectivity index (χ2n) is 9.26. The molecule has 2 N–H and O–H groups in total. The Balaban J connectivity index is 1.28. The maximum Gasteiger partial charge on any atom is 0.252 e. The first-order valence-electron chi connectivity index (χ1n) is 12.0. The number of halogens is 1. The Labute approximate surface area is 217 Å². The van der Waals surface area contributed by atoms with E-state index in [0.717, 1.165) is 0 Å². The van der Waals surface area contributed by atoms with Crippen LogP contribution in [0.4, 0.5) is 4.39 Å². The van der Waals surface area contributed by atoms with E-state index in [0.29, 0.717) is 46.4 Å². The van der Waals surface area contributed by atoms with E-state index >= 15 is 0 Å². The fraction of sp³-hybridized carbons (Fsp3) is 0.207. The van der Waals surface area contributed by atoms with Crippen molar-refractivity contribution in [3.05, 3.63) is 89.5 Å². The van der Waals surface area contributed by atoms with Crippen LogP contribution in [0.3, 0.4) is 0 Å². The third-order valence-electron chi connectivity index (χ3n) is 6.76. The van der Waals surface area contributed by atoms with Gasteiger partial charge >= 0.3 is 0 Å². The minimum atomic E-state index is -0.974. The van der Waals surface area contributed by atoms with Gasteiger partial charge in [-0.1, -0.05) is 18.2 Å². The van der Waals surface area contributed by atoms with Gasteiger partial charge in [-0.05, 0) is 48.2 Å². The number of Topliss-reactive ketones (excluding diaryl/α,β-unsaturated/α-hetero) is 2. The van der Waals surface area contributed by atoms with E-state index in [9.17, 15) is 18.8 Å². The molecule has 0 atom stereocenters. The molecular weight excluding hydrogens is 489 g/mol. The molecule has 0 radical (unpaired) electrons. The number of nitrogens with zero attached hydrogens (tertiary/aromatic N) is 2. The van der Waals surface area contributed by atoms with Crippen molar-refractivity contribution in [3.8, 4) is 17.4 Å². The Morgan fingerprint density at radius 2 is 1.61 bits per heavy atom. The number of carbonyl (C=O) groups is 3. The van der Waals surface area contributed by atoms with Crippen LogP contribution in [0.5, 0.6) is 17.4 Å². The standard InChI is InChI=1S/C29H24FN3O5/c1-37-24-15-22-20(14-21(24)28(31)36)23(8-11-32-22)38-27-7-4-18(16-33-27)13-26(35)29(9-10-29)25(34)12-17-2-5-19(30)6-3-17/h2-8,11,14-16H,9-10,12-13H2,1H3,(H2,31,36). The molecule has 1 saturated carbocycles. The van der Waals surface area contributed by atoms with Crippen LogP contribution < -0.4 is 15.2 Å². The highest BCUT2D eigenvalue weighted by atomic mass is 19.1. The summed E-state index contributed by atoms with van der Waals surface area (Å²) in [6.45, 7) is 0. The van der Waals surface area contributed by atoms with E-state index in [-0.39, 0.29) is 41.7 Å². The van der Waals surface area contributed by atoms with Crippen molar-refractivity contribution in [1.82, 2.24) is 9.97 Å². The number of hydrogen-bond acceptors (Lipinski definition) is 7. The summed E-state index contributed by atoms with van der Waals surface area (Å²) in [5.74, 6) is -0.294. The molecule has 0 saturated heterocycles. The molecule has 0 aliphatic heterocycles. The van der Waals surface area contributed by atoms with Gasteiger partial charge in [0.15, 0.2) is 11.6 Å². The van der Waals surface area contributed by atoms with E-state index in [1.54, 1.807) is 48.7 Å². The van der Waals surface area contributed by atoms with E-state index in [1.807, 2.05) is 0 Å². The van der Waals surface area contributed by atoms with Crippen molar-refractivity contribution in [2.45, 2.75) is 25.7 Å². The minimum Gasteiger partial charge on any atom is -0.496 e.